The highest BCUT2D eigenvalue weighted by Gasteiger charge is 2.18. The molecule has 0 atom stereocenters. The molecule has 3 nitrogen and oxygen atoms in total. The van der Waals surface area contributed by atoms with Crippen LogP contribution >= 0.6 is 22.9 Å². The first-order valence-corrected chi connectivity index (χ1v) is 8.66. The number of nitrogens with one attached hydrogen (secondary N) is 1. The van der Waals surface area contributed by atoms with Gasteiger partial charge in [-0.15, -0.1) is 11.3 Å². The summed E-state index contributed by atoms with van der Waals surface area (Å²) in [7, 11) is 0. The zero-order valence-corrected chi connectivity index (χ0v) is 14.7. The molecule has 1 aromatic heterocycles. The number of hydrogen-bond acceptors (Lipinski definition) is 3. The number of nitrogens with zero attached hydrogens (tertiary/aromatic N) is 1. The molecule has 0 aliphatic rings. The van der Waals surface area contributed by atoms with Crippen molar-refractivity contribution in [1.82, 2.24) is 4.98 Å². The fourth-order valence-corrected chi connectivity index (χ4v) is 3.31. The molecule has 25 heavy (non-hydrogen) atoms. The van der Waals surface area contributed by atoms with Gasteiger partial charge in [-0.3, -0.25) is 4.79 Å². The summed E-state index contributed by atoms with van der Waals surface area (Å²) in [5, 5.41) is 4.01. The summed E-state index contributed by atoms with van der Waals surface area (Å²) < 4.78 is 13.1. The van der Waals surface area contributed by atoms with E-state index in [4.69, 9.17) is 11.6 Å². The van der Waals surface area contributed by atoms with Crippen LogP contribution in [0.5, 0.6) is 0 Å². The van der Waals surface area contributed by atoms with Gasteiger partial charge in [0.05, 0.1) is 5.69 Å². The average Bonchev–Trinajstić information content (AvgIpc) is 3.07. The predicted octanol–water partition coefficient (Wildman–Crippen LogP) is 5.83. The van der Waals surface area contributed by atoms with Crippen LogP contribution in [-0.4, -0.2) is 10.9 Å². The van der Waals surface area contributed by atoms with E-state index >= 15 is 0 Å². The highest BCUT2D eigenvalue weighted by atomic mass is 35.5. The van der Waals surface area contributed by atoms with Gasteiger partial charge in [0.15, 0.2) is 0 Å². The summed E-state index contributed by atoms with van der Waals surface area (Å²) in [4.78, 5) is 16.9. The molecule has 0 saturated carbocycles. The van der Waals surface area contributed by atoms with Crippen molar-refractivity contribution in [2.24, 2.45) is 0 Å². The molecule has 6 heteroatoms. The smallest absolute Gasteiger partial charge is 0.267 e. The van der Waals surface area contributed by atoms with Crippen LogP contribution in [0.25, 0.3) is 17.2 Å². The third-order valence-electron chi connectivity index (χ3n) is 3.55. The fourth-order valence-electron chi connectivity index (χ4n) is 2.38. The largest absolute Gasteiger partial charge is 0.321 e. The Morgan fingerprint density at radius 1 is 1.24 bits per heavy atom. The number of halogens is 2. The lowest BCUT2D eigenvalue weighted by atomic mass is 10.0. The first kappa shape index (κ1) is 17.3. The van der Waals surface area contributed by atoms with Gasteiger partial charge in [0, 0.05) is 16.3 Å². The molecule has 0 fully saturated rings. The number of hydrogen-bond donors (Lipinski definition) is 1. The van der Waals surface area contributed by atoms with Crippen molar-refractivity contribution in [2.45, 2.75) is 6.67 Å². The van der Waals surface area contributed by atoms with E-state index in [0.717, 1.165) is 22.5 Å². The van der Waals surface area contributed by atoms with Gasteiger partial charge in [0.1, 0.15) is 16.6 Å². The van der Waals surface area contributed by atoms with Crippen LogP contribution in [0.2, 0.25) is 5.02 Å². The Morgan fingerprint density at radius 2 is 1.96 bits per heavy atom. The highest BCUT2D eigenvalue weighted by Crippen LogP contribution is 2.30. The highest BCUT2D eigenvalue weighted by molar-refractivity contribution is 7.14. The maximum Gasteiger partial charge on any atom is 0.267 e. The number of carbonyl (C=O) groups is 1. The Hall–Kier alpha value is -2.50. The topological polar surface area (TPSA) is 42.0 Å². The third kappa shape index (κ3) is 3.78. The maximum atomic E-state index is 13.1. The molecule has 1 heterocycles. The van der Waals surface area contributed by atoms with Crippen LogP contribution in [0.15, 0.2) is 55.1 Å². The van der Waals surface area contributed by atoms with Gasteiger partial charge in [-0.25, -0.2) is 9.37 Å². The van der Waals surface area contributed by atoms with Gasteiger partial charge in [0.2, 0.25) is 0 Å². The number of anilines is 1. The molecule has 1 N–H and O–H groups in total. The van der Waals surface area contributed by atoms with E-state index in [1.54, 1.807) is 18.2 Å². The summed E-state index contributed by atoms with van der Waals surface area (Å²) in [5.41, 5.74) is 2.53. The Bertz CT molecular complexity index is 921. The van der Waals surface area contributed by atoms with E-state index in [2.05, 4.69) is 16.9 Å². The molecule has 0 radical (unpaired) electrons. The number of carbonyl (C=O) groups excluding carboxylic acids is 1. The second kappa shape index (κ2) is 7.59. The van der Waals surface area contributed by atoms with Crippen molar-refractivity contribution < 1.29 is 9.18 Å². The molecule has 0 unspecified atom stereocenters. The van der Waals surface area contributed by atoms with Gasteiger partial charge in [-0.2, -0.15) is 0 Å². The van der Waals surface area contributed by atoms with Gasteiger partial charge < -0.3 is 5.32 Å². The van der Waals surface area contributed by atoms with Gasteiger partial charge >= 0.3 is 0 Å². The minimum absolute atomic E-state index is 0.126. The number of thiazole rings is 1. The summed E-state index contributed by atoms with van der Waals surface area (Å²) in [6.45, 7) is 2.81. The van der Waals surface area contributed by atoms with Crippen molar-refractivity contribution in [3.8, 4) is 11.1 Å². The van der Waals surface area contributed by atoms with E-state index in [-0.39, 0.29) is 16.5 Å². The lowest BCUT2D eigenvalue weighted by Crippen LogP contribution is -2.13. The first-order valence-electron chi connectivity index (χ1n) is 7.47. The van der Waals surface area contributed by atoms with Crippen LogP contribution < -0.4 is 5.32 Å². The van der Waals surface area contributed by atoms with Crippen molar-refractivity contribution in [2.75, 3.05) is 5.32 Å². The Morgan fingerprint density at radius 3 is 2.64 bits per heavy atom. The van der Waals surface area contributed by atoms with Crippen LogP contribution in [0.1, 0.15) is 20.4 Å². The van der Waals surface area contributed by atoms with E-state index in [0.29, 0.717) is 15.7 Å². The Labute approximate surface area is 153 Å². The molecule has 3 aromatic rings. The number of benzene rings is 2. The zero-order chi connectivity index (χ0) is 17.8. The molecule has 3 rings (SSSR count). The van der Waals surface area contributed by atoms with Crippen molar-refractivity contribution in [3.63, 3.8) is 0 Å². The summed E-state index contributed by atoms with van der Waals surface area (Å²) >= 11 is 7.05. The average molecular weight is 373 g/mol. The Balaban J connectivity index is 1.93. The van der Waals surface area contributed by atoms with Gasteiger partial charge in [-0.1, -0.05) is 48.5 Å². The molecule has 2 aromatic carbocycles. The summed E-state index contributed by atoms with van der Waals surface area (Å²) in [5.74, 6) is -0.389. The van der Waals surface area contributed by atoms with Crippen LogP contribution in [0.3, 0.4) is 0 Å². The molecule has 0 bridgehead atoms. The molecule has 1 amide bonds. The normalized spacial score (nSPS) is 10.5. The number of para-hydroxylation sites is 1. The van der Waals surface area contributed by atoms with E-state index in [1.807, 2.05) is 30.3 Å². The minimum atomic E-state index is -0.800. The van der Waals surface area contributed by atoms with E-state index in [9.17, 15) is 9.18 Å². The molecular weight excluding hydrogens is 359 g/mol. The molecular formula is C19H14ClFN2OS. The third-order valence-corrected chi connectivity index (χ3v) is 4.90. The van der Waals surface area contributed by atoms with Crippen molar-refractivity contribution in [1.29, 1.82) is 0 Å². The standard InChI is InChI=1S/C19H14ClFN2OS/c1-2-17-22-16(11-21)18(25-17)19(24)23-15-6-4-3-5-14(15)12-7-9-13(20)10-8-12/h2-10H,1,11H2,(H,23,24). The first-order chi connectivity index (χ1) is 12.1. The molecule has 126 valence electrons. The van der Waals surface area contributed by atoms with Crippen LogP contribution in [0.4, 0.5) is 10.1 Å². The Kier molecular flexibility index (Phi) is 5.26. The molecule has 0 spiro atoms. The van der Waals surface area contributed by atoms with Gasteiger partial charge in [-0.05, 0) is 29.8 Å². The summed E-state index contributed by atoms with van der Waals surface area (Å²) in [6, 6.07) is 14.7. The second-order valence-electron chi connectivity index (χ2n) is 5.17. The monoisotopic (exact) mass is 372 g/mol. The van der Waals surface area contributed by atoms with Crippen LogP contribution in [-0.2, 0) is 6.67 Å². The maximum absolute atomic E-state index is 13.1. The van der Waals surface area contributed by atoms with E-state index in [1.165, 1.54) is 6.08 Å². The second-order valence-corrected chi connectivity index (χ2v) is 6.64. The lowest BCUT2D eigenvalue weighted by molar-refractivity contribution is 0.102. The SMILES string of the molecule is C=Cc1nc(CF)c(C(=O)Nc2ccccc2-c2ccc(Cl)cc2)s1. The quantitative estimate of drug-likeness (QED) is 0.612. The zero-order valence-electron chi connectivity index (χ0n) is 13.1. The molecule has 0 aliphatic heterocycles. The number of alkyl halides is 1. The van der Waals surface area contributed by atoms with Crippen LogP contribution in [0, 0.1) is 0 Å². The van der Waals surface area contributed by atoms with Crippen molar-refractivity contribution >= 4 is 40.6 Å². The minimum Gasteiger partial charge on any atom is -0.321 e. The number of amides is 1. The molecule has 0 saturated heterocycles. The number of aromatic nitrogens is 1. The lowest BCUT2D eigenvalue weighted by Gasteiger charge is -2.11. The van der Waals surface area contributed by atoms with Crippen molar-refractivity contribution in [3.05, 3.63) is 75.7 Å². The van der Waals surface area contributed by atoms with E-state index < -0.39 is 6.67 Å². The summed E-state index contributed by atoms with van der Waals surface area (Å²) in [6.07, 6.45) is 1.50. The molecule has 0 aliphatic carbocycles. The number of rotatable bonds is 5. The fraction of sp³-hybridized carbons (Fsp3) is 0.0526. The predicted molar refractivity (Wildman–Crippen MR) is 102 cm³/mol. The van der Waals surface area contributed by atoms with Gasteiger partial charge in [0.25, 0.3) is 5.91 Å².